The highest BCUT2D eigenvalue weighted by atomic mass is 35.5. The lowest BCUT2D eigenvalue weighted by Gasteiger charge is -2.31. The number of nitrogens with zero attached hydrogens (tertiary/aromatic N) is 3. The van der Waals surface area contributed by atoms with E-state index in [-0.39, 0.29) is 10.9 Å². The summed E-state index contributed by atoms with van der Waals surface area (Å²) >= 11 is 5.90. The van der Waals surface area contributed by atoms with Gasteiger partial charge in [-0.1, -0.05) is 17.7 Å². The van der Waals surface area contributed by atoms with Gasteiger partial charge in [0.1, 0.15) is 10.7 Å². The topological polar surface area (TPSA) is 55.2 Å². The molecule has 0 spiro atoms. The molecule has 1 fully saturated rings. The molecule has 0 radical (unpaired) electrons. The number of benzene rings is 1. The molecule has 23 heavy (non-hydrogen) atoms. The van der Waals surface area contributed by atoms with E-state index in [9.17, 15) is 12.8 Å². The first-order chi connectivity index (χ1) is 10.9. The normalized spacial score (nSPS) is 17.5. The maximum atomic E-state index is 13.9. The number of piperidine rings is 1. The van der Waals surface area contributed by atoms with Crippen LogP contribution in [-0.4, -0.2) is 35.6 Å². The van der Waals surface area contributed by atoms with Gasteiger partial charge in [-0.3, -0.25) is 4.68 Å². The van der Waals surface area contributed by atoms with Crippen LogP contribution in [0.1, 0.15) is 24.3 Å². The van der Waals surface area contributed by atoms with Crippen molar-refractivity contribution < 1.29 is 12.8 Å². The molecule has 0 unspecified atom stereocenters. The average molecular weight is 358 g/mol. The van der Waals surface area contributed by atoms with Gasteiger partial charge in [-0.25, -0.2) is 12.8 Å². The van der Waals surface area contributed by atoms with Gasteiger partial charge in [0.05, 0.1) is 11.2 Å². The minimum Gasteiger partial charge on any atom is -0.276 e. The first-order valence-corrected chi connectivity index (χ1v) is 9.14. The average Bonchev–Trinajstić information content (AvgIpc) is 2.93. The van der Waals surface area contributed by atoms with Crippen LogP contribution >= 0.6 is 11.6 Å². The van der Waals surface area contributed by atoms with Gasteiger partial charge in [0, 0.05) is 26.3 Å². The van der Waals surface area contributed by atoms with Crippen molar-refractivity contribution in [2.45, 2.75) is 23.7 Å². The zero-order valence-electron chi connectivity index (χ0n) is 12.6. The van der Waals surface area contributed by atoms with Crippen molar-refractivity contribution in [3.63, 3.8) is 0 Å². The highest BCUT2D eigenvalue weighted by molar-refractivity contribution is 7.89. The predicted molar refractivity (Wildman–Crippen MR) is 85.4 cm³/mol. The van der Waals surface area contributed by atoms with Gasteiger partial charge in [0.2, 0.25) is 10.0 Å². The van der Waals surface area contributed by atoms with Gasteiger partial charge in [-0.2, -0.15) is 9.40 Å². The van der Waals surface area contributed by atoms with Gasteiger partial charge in [-0.05, 0) is 36.5 Å². The van der Waals surface area contributed by atoms with Crippen LogP contribution in [0.4, 0.5) is 4.39 Å². The quantitative estimate of drug-likeness (QED) is 0.848. The third-order valence-corrected chi connectivity index (χ3v) is 6.57. The van der Waals surface area contributed by atoms with Crippen molar-refractivity contribution in [2.75, 3.05) is 13.1 Å². The van der Waals surface area contributed by atoms with Crippen LogP contribution in [0.2, 0.25) is 5.02 Å². The highest BCUT2D eigenvalue weighted by Crippen LogP contribution is 2.33. The molecule has 0 saturated carbocycles. The zero-order valence-corrected chi connectivity index (χ0v) is 14.2. The third-order valence-electron chi connectivity index (χ3n) is 4.17. The second-order valence-corrected chi connectivity index (χ2v) is 7.96. The predicted octanol–water partition coefficient (Wildman–Crippen LogP) is 2.78. The largest absolute Gasteiger partial charge is 0.276 e. The van der Waals surface area contributed by atoms with Gasteiger partial charge < -0.3 is 0 Å². The summed E-state index contributed by atoms with van der Waals surface area (Å²) in [7, 11) is -2.07. The number of hydrogen-bond donors (Lipinski definition) is 0. The van der Waals surface area contributed by atoms with E-state index in [2.05, 4.69) is 5.10 Å². The summed E-state index contributed by atoms with van der Waals surface area (Å²) in [5.41, 5.74) is 1.11. The molecular formula is C15H17ClFN3O2S. The van der Waals surface area contributed by atoms with Crippen molar-refractivity contribution in [3.8, 4) is 0 Å². The first-order valence-electron chi connectivity index (χ1n) is 7.32. The minimum atomic E-state index is -3.92. The van der Waals surface area contributed by atoms with Crippen LogP contribution in [0.15, 0.2) is 35.5 Å². The van der Waals surface area contributed by atoms with Crippen molar-refractivity contribution in [1.29, 1.82) is 0 Å². The van der Waals surface area contributed by atoms with Crippen molar-refractivity contribution in [1.82, 2.24) is 14.1 Å². The molecule has 3 rings (SSSR count). The molecule has 1 saturated heterocycles. The van der Waals surface area contributed by atoms with Crippen molar-refractivity contribution >= 4 is 21.6 Å². The molecule has 2 heterocycles. The summed E-state index contributed by atoms with van der Waals surface area (Å²) < 4.78 is 42.3. The van der Waals surface area contributed by atoms with Gasteiger partial charge in [-0.15, -0.1) is 0 Å². The zero-order chi connectivity index (χ0) is 16.6. The second-order valence-electron chi connectivity index (χ2n) is 5.68. The summed E-state index contributed by atoms with van der Waals surface area (Å²) in [4.78, 5) is -0.429. The fourth-order valence-corrected chi connectivity index (χ4v) is 4.97. The Labute approximate surface area is 139 Å². The van der Waals surface area contributed by atoms with E-state index in [1.54, 1.807) is 4.68 Å². The molecule has 5 nitrogen and oxygen atoms in total. The molecule has 1 aliphatic rings. The fraction of sp³-hybridized carbons (Fsp3) is 0.400. The Bertz CT molecular complexity index is 794. The minimum absolute atomic E-state index is 0.0839. The summed E-state index contributed by atoms with van der Waals surface area (Å²) in [6, 6.07) is 3.90. The van der Waals surface area contributed by atoms with Crippen LogP contribution in [0.5, 0.6) is 0 Å². The Hall–Kier alpha value is -1.44. The summed E-state index contributed by atoms with van der Waals surface area (Å²) in [6.07, 6.45) is 5.11. The number of aryl methyl sites for hydroxylation is 1. The van der Waals surface area contributed by atoms with Gasteiger partial charge >= 0.3 is 0 Å². The molecule has 0 bridgehead atoms. The molecule has 0 N–H and O–H groups in total. The fourth-order valence-electron chi connectivity index (χ4n) is 2.94. The van der Waals surface area contributed by atoms with E-state index in [0.717, 1.165) is 11.6 Å². The van der Waals surface area contributed by atoms with E-state index in [0.29, 0.717) is 25.9 Å². The first kappa shape index (κ1) is 16.4. The second kappa shape index (κ2) is 6.22. The Morgan fingerprint density at radius 1 is 1.30 bits per heavy atom. The number of aromatic nitrogens is 2. The Balaban J connectivity index is 1.79. The number of sulfonamides is 1. The van der Waals surface area contributed by atoms with Crippen LogP contribution in [-0.2, 0) is 17.1 Å². The van der Waals surface area contributed by atoms with E-state index in [4.69, 9.17) is 11.6 Å². The van der Waals surface area contributed by atoms with E-state index < -0.39 is 20.7 Å². The molecule has 124 valence electrons. The molecule has 0 atom stereocenters. The van der Waals surface area contributed by atoms with Gasteiger partial charge in [0.25, 0.3) is 0 Å². The molecule has 1 aliphatic heterocycles. The Morgan fingerprint density at radius 3 is 2.57 bits per heavy atom. The summed E-state index contributed by atoms with van der Waals surface area (Å²) in [5, 5.41) is 4.06. The highest BCUT2D eigenvalue weighted by Gasteiger charge is 2.33. The molecular weight excluding hydrogens is 341 g/mol. The maximum absolute atomic E-state index is 13.9. The SMILES string of the molecule is Cn1cc(C2CCN(S(=O)(=O)c3c(F)cccc3Cl)CC2)cn1. The van der Waals surface area contributed by atoms with E-state index in [1.807, 2.05) is 19.4 Å². The monoisotopic (exact) mass is 357 g/mol. The summed E-state index contributed by atoms with van der Waals surface area (Å²) in [6.45, 7) is 0.680. The lowest BCUT2D eigenvalue weighted by molar-refractivity contribution is 0.318. The van der Waals surface area contributed by atoms with Crippen molar-refractivity contribution in [2.24, 2.45) is 7.05 Å². The standard InChI is InChI=1S/C15H17ClFN3O2S/c1-19-10-12(9-18-19)11-5-7-20(8-6-11)23(21,22)15-13(16)3-2-4-14(15)17/h2-4,9-11H,5-8H2,1H3. The molecule has 8 heteroatoms. The van der Waals surface area contributed by atoms with Crippen molar-refractivity contribution in [3.05, 3.63) is 47.0 Å². The lowest BCUT2D eigenvalue weighted by Crippen LogP contribution is -2.38. The number of halogens is 2. The number of hydrogen-bond acceptors (Lipinski definition) is 3. The molecule has 1 aromatic carbocycles. The Kier molecular flexibility index (Phi) is 4.44. The van der Waals surface area contributed by atoms with Gasteiger partial charge in [0.15, 0.2) is 0 Å². The molecule has 2 aromatic rings. The third kappa shape index (κ3) is 3.13. The van der Waals surface area contributed by atoms with E-state index in [1.165, 1.54) is 16.4 Å². The molecule has 0 amide bonds. The lowest BCUT2D eigenvalue weighted by atomic mass is 9.93. The Morgan fingerprint density at radius 2 is 2.00 bits per heavy atom. The summed E-state index contributed by atoms with van der Waals surface area (Å²) in [5.74, 6) is -0.543. The number of rotatable bonds is 3. The van der Waals surface area contributed by atoms with Crippen LogP contribution < -0.4 is 0 Å². The van der Waals surface area contributed by atoms with Crippen LogP contribution in [0, 0.1) is 5.82 Å². The molecule has 1 aromatic heterocycles. The van der Waals surface area contributed by atoms with Crippen LogP contribution in [0.3, 0.4) is 0 Å². The van der Waals surface area contributed by atoms with E-state index >= 15 is 0 Å². The molecule has 0 aliphatic carbocycles. The maximum Gasteiger partial charge on any atom is 0.247 e. The van der Waals surface area contributed by atoms with Crippen LogP contribution in [0.25, 0.3) is 0 Å². The smallest absolute Gasteiger partial charge is 0.247 e.